The van der Waals surface area contributed by atoms with Crippen LogP contribution in [-0.4, -0.2) is 135 Å². The molecular weight excluding hydrogens is 532 g/mol. The van der Waals surface area contributed by atoms with Crippen LogP contribution in [-0.2, 0) is 19.0 Å². The molecule has 0 bridgehead atoms. The van der Waals surface area contributed by atoms with E-state index in [1.165, 1.54) is 13.8 Å². The molecule has 242 valence electrons. The second-order valence-corrected chi connectivity index (χ2v) is 13.6. The van der Waals surface area contributed by atoms with Crippen molar-refractivity contribution in [1.29, 1.82) is 0 Å². The van der Waals surface area contributed by atoms with Crippen molar-refractivity contribution in [3.05, 3.63) is 0 Å². The minimum Gasteiger partial charge on any atom is -0.459 e. The van der Waals surface area contributed by atoms with Gasteiger partial charge in [0.05, 0.1) is 29.8 Å². The predicted octanol–water partition coefficient (Wildman–Crippen LogP) is 0.976. The fourth-order valence-electron chi connectivity index (χ4n) is 6.74. The van der Waals surface area contributed by atoms with Crippen LogP contribution in [0.3, 0.4) is 0 Å². The normalized spacial score (nSPS) is 48.4. The molecule has 0 aromatic rings. The first-order valence-corrected chi connectivity index (χ1v) is 15.1. The number of ether oxygens (including phenoxy) is 3. The molecule has 2 aliphatic rings. The highest BCUT2D eigenvalue weighted by molar-refractivity contribution is 5.73. The van der Waals surface area contributed by atoms with E-state index in [1.807, 2.05) is 44.8 Å². The van der Waals surface area contributed by atoms with Crippen LogP contribution >= 0.6 is 0 Å². The quantitative estimate of drug-likeness (QED) is 0.298. The van der Waals surface area contributed by atoms with Crippen molar-refractivity contribution in [2.24, 2.45) is 17.8 Å². The lowest BCUT2D eigenvalue weighted by Gasteiger charge is -2.46. The van der Waals surface area contributed by atoms with Gasteiger partial charge >= 0.3 is 5.97 Å². The standard InChI is InChI=1S/C30H58N2O9/c1-12-22-30(8,38)25(35)20(6)32(11)15-16(2)14-29(7,37)26(18(4)23(33)19(5)27(36)40-22)41-28-24(34)21(31(9)10)13-17(3)39-28/h16-26,28,33-35,37-38H,12-15H2,1-11H3/t16-,17-,18+,19-,20+,21-,22+,23+,24-,25+,26-,28+,29+,30-/m1/s1. The van der Waals surface area contributed by atoms with Gasteiger partial charge in [-0.3, -0.25) is 4.79 Å². The molecule has 0 spiro atoms. The van der Waals surface area contributed by atoms with E-state index in [-0.39, 0.29) is 30.9 Å². The molecule has 2 fully saturated rings. The Morgan fingerprint density at radius 3 is 2.17 bits per heavy atom. The number of cyclic esters (lactones) is 1. The molecule has 2 saturated heterocycles. The molecule has 0 radical (unpaired) electrons. The summed E-state index contributed by atoms with van der Waals surface area (Å²) < 4.78 is 18.1. The SMILES string of the molecule is CC[C@@H]1OC(=O)[C@H](C)[C@@H](O)[C@H](C)[C@@H](O[C@@H]2O[C@H](C)C[C@@H](N(C)C)[C@H]2O)[C@@](C)(O)C[C@@H](C)CN(C)[C@@H](C)[C@H](O)[C@]1(C)O. The Bertz CT molecular complexity index is 841. The minimum absolute atomic E-state index is 0.0990. The van der Waals surface area contributed by atoms with Crippen molar-refractivity contribution < 1.29 is 44.5 Å². The van der Waals surface area contributed by atoms with E-state index < -0.39 is 71.9 Å². The Morgan fingerprint density at radius 2 is 1.63 bits per heavy atom. The van der Waals surface area contributed by atoms with Crippen LogP contribution in [0.2, 0.25) is 0 Å². The number of nitrogens with zero attached hydrogens (tertiary/aromatic N) is 2. The molecule has 0 aromatic carbocycles. The predicted molar refractivity (Wildman–Crippen MR) is 155 cm³/mol. The van der Waals surface area contributed by atoms with E-state index >= 15 is 0 Å². The monoisotopic (exact) mass is 590 g/mol. The molecule has 0 amide bonds. The molecule has 0 aliphatic carbocycles. The van der Waals surface area contributed by atoms with Crippen molar-refractivity contribution >= 4 is 5.97 Å². The van der Waals surface area contributed by atoms with Crippen molar-refractivity contribution in [2.75, 3.05) is 27.7 Å². The fraction of sp³-hybridized carbons (Fsp3) is 0.967. The van der Waals surface area contributed by atoms with E-state index in [0.717, 1.165) is 0 Å². The third-order valence-corrected chi connectivity index (χ3v) is 9.46. The number of carbonyl (C=O) groups is 1. The topological polar surface area (TPSA) is 152 Å². The van der Waals surface area contributed by atoms with Crippen LogP contribution in [0.15, 0.2) is 0 Å². The summed E-state index contributed by atoms with van der Waals surface area (Å²) in [5.41, 5.74) is -3.25. The van der Waals surface area contributed by atoms with Gasteiger partial charge in [-0.2, -0.15) is 0 Å². The molecule has 2 heterocycles. The minimum atomic E-state index is -1.75. The number of hydrogen-bond acceptors (Lipinski definition) is 11. The average molecular weight is 591 g/mol. The van der Waals surface area contributed by atoms with Gasteiger partial charge in [-0.1, -0.05) is 20.8 Å². The third kappa shape index (κ3) is 8.39. The van der Waals surface area contributed by atoms with Crippen molar-refractivity contribution in [3.63, 3.8) is 0 Å². The lowest BCUT2D eigenvalue weighted by Crippen LogP contribution is -2.59. The first-order chi connectivity index (χ1) is 18.8. The molecule has 2 aliphatic heterocycles. The van der Waals surface area contributed by atoms with Gasteiger partial charge < -0.3 is 49.5 Å². The smallest absolute Gasteiger partial charge is 0.311 e. The van der Waals surface area contributed by atoms with E-state index in [9.17, 15) is 30.3 Å². The van der Waals surface area contributed by atoms with E-state index in [0.29, 0.717) is 13.0 Å². The van der Waals surface area contributed by atoms with Gasteiger partial charge in [-0.05, 0) is 80.9 Å². The molecule has 11 heteroatoms. The van der Waals surface area contributed by atoms with Gasteiger partial charge in [-0.15, -0.1) is 0 Å². The van der Waals surface area contributed by atoms with Gasteiger partial charge in [0.25, 0.3) is 0 Å². The number of rotatable bonds is 4. The second kappa shape index (κ2) is 14.3. The Hall–Kier alpha value is -0.890. The summed E-state index contributed by atoms with van der Waals surface area (Å²) in [7, 11) is 5.58. The Morgan fingerprint density at radius 1 is 1.05 bits per heavy atom. The van der Waals surface area contributed by atoms with Gasteiger partial charge in [0.15, 0.2) is 6.29 Å². The highest BCUT2D eigenvalue weighted by Crippen LogP contribution is 2.36. The van der Waals surface area contributed by atoms with Crippen LogP contribution in [0.1, 0.15) is 74.7 Å². The Kier molecular flexibility index (Phi) is 12.6. The zero-order valence-corrected chi connectivity index (χ0v) is 27.0. The highest BCUT2D eigenvalue weighted by atomic mass is 16.7. The summed E-state index contributed by atoms with van der Waals surface area (Å²) in [5.74, 6) is -2.65. The summed E-state index contributed by atoms with van der Waals surface area (Å²) in [5, 5.41) is 57.0. The number of aliphatic hydroxyl groups excluding tert-OH is 3. The molecule has 0 saturated carbocycles. The van der Waals surface area contributed by atoms with Gasteiger partial charge in [0.2, 0.25) is 0 Å². The molecular formula is C30H58N2O9. The summed E-state index contributed by atoms with van der Waals surface area (Å²) in [4.78, 5) is 17.1. The largest absolute Gasteiger partial charge is 0.459 e. The first-order valence-electron chi connectivity index (χ1n) is 15.1. The van der Waals surface area contributed by atoms with Gasteiger partial charge in [0.1, 0.15) is 23.9 Å². The number of aliphatic hydroxyl groups is 5. The van der Waals surface area contributed by atoms with Crippen molar-refractivity contribution in [2.45, 2.75) is 141 Å². The Balaban J connectivity index is 2.52. The van der Waals surface area contributed by atoms with Crippen LogP contribution in [0, 0.1) is 17.8 Å². The summed E-state index contributed by atoms with van der Waals surface area (Å²) in [6, 6.07) is -0.733. The number of likely N-dealkylation sites (N-methyl/N-ethyl adjacent to an activating group) is 2. The van der Waals surface area contributed by atoms with Crippen LogP contribution < -0.4 is 0 Å². The van der Waals surface area contributed by atoms with Gasteiger partial charge in [0, 0.05) is 24.5 Å². The summed E-state index contributed by atoms with van der Waals surface area (Å²) in [6.45, 7) is 14.2. The fourth-order valence-corrected chi connectivity index (χ4v) is 6.74. The second-order valence-electron chi connectivity index (χ2n) is 13.6. The first kappa shape index (κ1) is 36.3. The lowest BCUT2D eigenvalue weighted by atomic mass is 9.78. The molecule has 5 N–H and O–H groups in total. The zero-order chi connectivity index (χ0) is 31.6. The molecule has 11 nitrogen and oxygen atoms in total. The highest BCUT2D eigenvalue weighted by Gasteiger charge is 2.49. The molecule has 0 aromatic heterocycles. The van der Waals surface area contributed by atoms with Crippen molar-refractivity contribution in [1.82, 2.24) is 9.80 Å². The summed E-state index contributed by atoms with van der Waals surface area (Å²) in [6.07, 6.45) is -5.74. The number of carbonyl (C=O) groups excluding carboxylic acids is 1. The summed E-state index contributed by atoms with van der Waals surface area (Å²) >= 11 is 0. The van der Waals surface area contributed by atoms with Gasteiger partial charge in [-0.25, -0.2) is 0 Å². The van der Waals surface area contributed by atoms with E-state index in [1.54, 1.807) is 27.7 Å². The maximum Gasteiger partial charge on any atom is 0.311 e. The maximum absolute atomic E-state index is 13.3. The molecule has 14 atom stereocenters. The zero-order valence-electron chi connectivity index (χ0n) is 27.0. The van der Waals surface area contributed by atoms with E-state index in [4.69, 9.17) is 14.2 Å². The Labute approximate surface area is 246 Å². The van der Waals surface area contributed by atoms with Crippen LogP contribution in [0.4, 0.5) is 0 Å². The average Bonchev–Trinajstić information content (AvgIpc) is 2.87. The third-order valence-electron chi connectivity index (χ3n) is 9.46. The number of hydrogen-bond donors (Lipinski definition) is 5. The lowest BCUT2D eigenvalue weighted by molar-refractivity contribution is -0.299. The van der Waals surface area contributed by atoms with Crippen LogP contribution in [0.5, 0.6) is 0 Å². The molecule has 0 unspecified atom stereocenters. The molecule has 41 heavy (non-hydrogen) atoms. The molecule has 2 rings (SSSR count). The van der Waals surface area contributed by atoms with Crippen LogP contribution in [0.25, 0.3) is 0 Å². The van der Waals surface area contributed by atoms with E-state index in [2.05, 4.69) is 0 Å². The van der Waals surface area contributed by atoms with Crippen molar-refractivity contribution in [3.8, 4) is 0 Å². The maximum atomic E-state index is 13.3. The number of esters is 1.